The van der Waals surface area contributed by atoms with Gasteiger partial charge in [0, 0.05) is 18.0 Å². The molecule has 2 N–H and O–H groups in total. The van der Waals surface area contributed by atoms with Crippen LogP contribution in [0, 0.1) is 18.2 Å². The molecule has 128 valence electrons. The summed E-state index contributed by atoms with van der Waals surface area (Å²) in [5.74, 6) is -0.263. The fourth-order valence-corrected chi connectivity index (χ4v) is 4.04. The average Bonchev–Trinajstić information content (AvgIpc) is 2.90. The number of aromatic nitrogens is 1. The van der Waals surface area contributed by atoms with Crippen molar-refractivity contribution in [1.82, 2.24) is 15.6 Å². The molecule has 0 aliphatic carbocycles. The van der Waals surface area contributed by atoms with Crippen LogP contribution < -0.4 is 10.6 Å². The van der Waals surface area contributed by atoms with E-state index in [1.807, 2.05) is 13.0 Å². The fourth-order valence-electron chi connectivity index (χ4n) is 3.07. The molecule has 0 saturated carbocycles. The molecule has 0 bridgehead atoms. The molecule has 2 heterocycles. The Balaban J connectivity index is 1.69. The highest BCUT2D eigenvalue weighted by Gasteiger charge is 2.44. The van der Waals surface area contributed by atoms with E-state index in [0.29, 0.717) is 31.6 Å². The Kier molecular flexibility index (Phi) is 4.96. The van der Waals surface area contributed by atoms with Gasteiger partial charge in [0.25, 0.3) is 0 Å². The van der Waals surface area contributed by atoms with Gasteiger partial charge in [0.2, 0.25) is 5.91 Å². The van der Waals surface area contributed by atoms with E-state index in [4.69, 9.17) is 0 Å². The Labute approximate surface area is 145 Å². The van der Waals surface area contributed by atoms with Gasteiger partial charge < -0.3 is 10.6 Å². The highest BCUT2D eigenvalue weighted by Crippen LogP contribution is 2.29. The number of hydrogen-bond acceptors (Lipinski definition) is 4. The molecule has 1 aliphatic rings. The van der Waals surface area contributed by atoms with Crippen LogP contribution in [-0.4, -0.2) is 24.0 Å². The van der Waals surface area contributed by atoms with Crippen molar-refractivity contribution in [3.8, 4) is 0 Å². The zero-order valence-corrected chi connectivity index (χ0v) is 14.8. The molecule has 0 unspecified atom stereocenters. The molecule has 1 aliphatic heterocycles. The Morgan fingerprint density at radius 2 is 2.17 bits per heavy atom. The maximum absolute atomic E-state index is 13.9. The Hall–Kier alpha value is -1.79. The van der Waals surface area contributed by atoms with E-state index in [1.54, 1.807) is 23.5 Å². The third-order valence-corrected chi connectivity index (χ3v) is 5.54. The van der Waals surface area contributed by atoms with Crippen LogP contribution in [0.5, 0.6) is 0 Å². The molecule has 1 aromatic carbocycles. The second kappa shape index (κ2) is 6.99. The number of rotatable bonds is 6. The third kappa shape index (κ3) is 3.35. The Bertz CT molecular complexity index is 740. The summed E-state index contributed by atoms with van der Waals surface area (Å²) in [6.45, 7) is 5.69. The number of carbonyl (C=O) groups is 1. The first-order chi connectivity index (χ1) is 11.5. The van der Waals surface area contributed by atoms with Gasteiger partial charge in [0.15, 0.2) is 0 Å². The Morgan fingerprint density at radius 1 is 1.42 bits per heavy atom. The van der Waals surface area contributed by atoms with Crippen LogP contribution >= 0.6 is 11.3 Å². The molecule has 24 heavy (non-hydrogen) atoms. The zero-order chi connectivity index (χ0) is 17.2. The van der Waals surface area contributed by atoms with Crippen LogP contribution in [0.15, 0.2) is 24.3 Å². The van der Waals surface area contributed by atoms with Crippen LogP contribution in [-0.2, 0) is 24.2 Å². The van der Waals surface area contributed by atoms with Gasteiger partial charge in [-0.1, -0.05) is 25.1 Å². The normalized spacial score (nSPS) is 15.8. The van der Waals surface area contributed by atoms with E-state index < -0.39 is 5.41 Å². The lowest BCUT2D eigenvalue weighted by Crippen LogP contribution is -2.62. The number of hydrogen-bond donors (Lipinski definition) is 2. The van der Waals surface area contributed by atoms with E-state index >= 15 is 0 Å². The van der Waals surface area contributed by atoms with Crippen molar-refractivity contribution in [3.63, 3.8) is 0 Å². The van der Waals surface area contributed by atoms with Crippen LogP contribution in [0.4, 0.5) is 4.39 Å². The molecular weight excluding hydrogens is 325 g/mol. The minimum Gasteiger partial charge on any atom is -0.351 e. The summed E-state index contributed by atoms with van der Waals surface area (Å²) in [4.78, 5) is 18.3. The minimum atomic E-state index is -0.561. The molecule has 3 rings (SSSR count). The number of nitrogens with one attached hydrogen (secondary N) is 2. The number of halogens is 1. The standard InChI is InChI=1S/C18H22FN3OS/c1-3-15-16(24-12(2)22-15)9-21-17(23)18(10-20-11-18)8-13-6-4-5-7-14(13)19/h4-7,20H,3,8-11H2,1-2H3,(H,21,23). The van der Waals surface area contributed by atoms with Gasteiger partial charge in [-0.05, 0) is 31.4 Å². The van der Waals surface area contributed by atoms with Crippen LogP contribution in [0.3, 0.4) is 0 Å². The van der Waals surface area contributed by atoms with Crippen LogP contribution in [0.2, 0.25) is 0 Å². The van der Waals surface area contributed by atoms with Crippen molar-refractivity contribution in [1.29, 1.82) is 0 Å². The lowest BCUT2D eigenvalue weighted by atomic mass is 9.75. The SMILES string of the molecule is CCc1nc(C)sc1CNC(=O)C1(Cc2ccccc2F)CNC1. The van der Waals surface area contributed by atoms with Gasteiger partial charge in [0.05, 0.1) is 22.7 Å². The number of aryl methyl sites for hydroxylation is 2. The van der Waals surface area contributed by atoms with Crippen LogP contribution in [0.25, 0.3) is 0 Å². The Morgan fingerprint density at radius 3 is 2.79 bits per heavy atom. The quantitative estimate of drug-likeness (QED) is 0.845. The molecule has 0 radical (unpaired) electrons. The number of nitrogens with zero attached hydrogens (tertiary/aromatic N) is 1. The molecule has 1 saturated heterocycles. The van der Waals surface area contributed by atoms with Crippen LogP contribution in [0.1, 0.15) is 28.1 Å². The maximum atomic E-state index is 13.9. The summed E-state index contributed by atoms with van der Waals surface area (Å²) in [5, 5.41) is 7.21. The zero-order valence-electron chi connectivity index (χ0n) is 14.0. The van der Waals surface area contributed by atoms with Crippen molar-refractivity contribution in [2.75, 3.05) is 13.1 Å². The second-order valence-electron chi connectivity index (χ2n) is 6.29. The lowest BCUT2D eigenvalue weighted by Gasteiger charge is -2.41. The van der Waals surface area contributed by atoms with Crippen molar-refractivity contribution in [3.05, 3.63) is 51.2 Å². The van der Waals surface area contributed by atoms with Gasteiger partial charge in [-0.3, -0.25) is 4.79 Å². The maximum Gasteiger partial charge on any atom is 0.229 e. The topological polar surface area (TPSA) is 54.0 Å². The summed E-state index contributed by atoms with van der Waals surface area (Å²) >= 11 is 1.62. The van der Waals surface area contributed by atoms with Gasteiger partial charge >= 0.3 is 0 Å². The van der Waals surface area contributed by atoms with E-state index in [1.165, 1.54) is 6.07 Å². The monoisotopic (exact) mass is 347 g/mol. The van der Waals surface area contributed by atoms with Crippen molar-refractivity contribution >= 4 is 17.2 Å². The van der Waals surface area contributed by atoms with Crippen molar-refractivity contribution in [2.45, 2.75) is 33.2 Å². The fraction of sp³-hybridized carbons (Fsp3) is 0.444. The summed E-state index contributed by atoms with van der Waals surface area (Å²) in [6, 6.07) is 6.68. The molecular formula is C18H22FN3OS. The minimum absolute atomic E-state index is 0.0161. The number of amides is 1. The summed E-state index contributed by atoms with van der Waals surface area (Å²) in [5.41, 5.74) is 1.08. The second-order valence-corrected chi connectivity index (χ2v) is 7.58. The molecule has 2 aromatic rings. The number of benzene rings is 1. The predicted octanol–water partition coefficient (Wildman–Crippen LogP) is 2.60. The first-order valence-electron chi connectivity index (χ1n) is 8.22. The first-order valence-corrected chi connectivity index (χ1v) is 9.03. The van der Waals surface area contributed by atoms with E-state index in [2.05, 4.69) is 22.5 Å². The van der Waals surface area contributed by atoms with Crippen molar-refractivity contribution in [2.24, 2.45) is 5.41 Å². The molecule has 0 spiro atoms. The summed E-state index contributed by atoms with van der Waals surface area (Å²) in [6.07, 6.45) is 1.28. The highest BCUT2D eigenvalue weighted by atomic mass is 32.1. The van der Waals surface area contributed by atoms with Gasteiger partial charge in [-0.15, -0.1) is 11.3 Å². The van der Waals surface area contributed by atoms with E-state index in [0.717, 1.165) is 22.0 Å². The summed E-state index contributed by atoms with van der Waals surface area (Å²) in [7, 11) is 0. The average molecular weight is 347 g/mol. The smallest absolute Gasteiger partial charge is 0.229 e. The molecule has 1 amide bonds. The number of thiazole rings is 1. The highest BCUT2D eigenvalue weighted by molar-refractivity contribution is 7.11. The molecule has 1 aromatic heterocycles. The number of carbonyl (C=O) groups excluding carboxylic acids is 1. The predicted molar refractivity (Wildman–Crippen MR) is 93.5 cm³/mol. The molecule has 0 atom stereocenters. The molecule has 1 fully saturated rings. The summed E-state index contributed by atoms with van der Waals surface area (Å²) < 4.78 is 13.9. The third-order valence-electron chi connectivity index (χ3n) is 4.52. The van der Waals surface area contributed by atoms with Gasteiger partial charge in [-0.25, -0.2) is 9.37 Å². The van der Waals surface area contributed by atoms with Crippen molar-refractivity contribution < 1.29 is 9.18 Å². The molecule has 6 heteroatoms. The van der Waals surface area contributed by atoms with Gasteiger partial charge in [-0.2, -0.15) is 0 Å². The first kappa shape index (κ1) is 17.0. The van der Waals surface area contributed by atoms with E-state index in [9.17, 15) is 9.18 Å². The molecule has 4 nitrogen and oxygen atoms in total. The largest absolute Gasteiger partial charge is 0.351 e. The van der Waals surface area contributed by atoms with E-state index in [-0.39, 0.29) is 11.7 Å². The van der Waals surface area contributed by atoms with Gasteiger partial charge in [0.1, 0.15) is 5.82 Å². The lowest BCUT2D eigenvalue weighted by molar-refractivity contribution is -0.134.